The van der Waals surface area contributed by atoms with Crippen molar-refractivity contribution in [3.05, 3.63) is 47.9 Å². The van der Waals surface area contributed by atoms with Crippen LogP contribution in [0.15, 0.2) is 36.7 Å². The van der Waals surface area contributed by atoms with Gasteiger partial charge in [0.25, 0.3) is 0 Å². The Hall–Kier alpha value is -3.13. The van der Waals surface area contributed by atoms with Crippen LogP contribution >= 0.6 is 0 Å². The average molecular weight is 339 g/mol. The Balaban J connectivity index is 1.95. The molecular weight excluding hydrogens is 318 g/mol. The molecule has 0 unspecified atom stereocenters. The van der Waals surface area contributed by atoms with Crippen LogP contribution in [0.25, 0.3) is 5.69 Å². The summed E-state index contributed by atoms with van der Waals surface area (Å²) in [4.78, 5) is 8.81. The molecule has 0 aliphatic carbocycles. The molecule has 3 aromatic rings. The molecule has 25 heavy (non-hydrogen) atoms. The van der Waals surface area contributed by atoms with Gasteiger partial charge in [-0.1, -0.05) is 0 Å². The molecule has 0 bridgehead atoms. The van der Waals surface area contributed by atoms with Crippen molar-refractivity contribution in [2.75, 3.05) is 24.8 Å². The van der Waals surface area contributed by atoms with Crippen LogP contribution in [0.1, 0.15) is 11.3 Å². The van der Waals surface area contributed by atoms with Crippen LogP contribution in [0.4, 0.5) is 17.5 Å². The number of aryl methyl sites for hydroxylation is 1. The van der Waals surface area contributed by atoms with E-state index in [2.05, 4.69) is 25.7 Å². The fraction of sp³-hybridized carbons (Fsp3) is 0.235. The van der Waals surface area contributed by atoms with E-state index in [0.29, 0.717) is 18.2 Å². The molecule has 0 atom stereocenters. The number of anilines is 3. The smallest absolute Gasteiger partial charge is 0.229 e. The molecule has 8 nitrogen and oxygen atoms in total. The highest BCUT2D eigenvalue weighted by Gasteiger charge is 2.10. The fourth-order valence-electron chi connectivity index (χ4n) is 2.43. The number of nitrogens with zero attached hydrogens (tertiary/aromatic N) is 4. The molecule has 8 heteroatoms. The van der Waals surface area contributed by atoms with E-state index >= 15 is 0 Å². The summed E-state index contributed by atoms with van der Waals surface area (Å²) >= 11 is 0. The first-order valence-corrected chi connectivity index (χ1v) is 7.85. The molecule has 1 aromatic carbocycles. The van der Waals surface area contributed by atoms with Crippen molar-refractivity contribution in [3.8, 4) is 11.4 Å². The number of aromatic nitrogens is 4. The van der Waals surface area contributed by atoms with Gasteiger partial charge in [-0.15, -0.1) is 0 Å². The zero-order valence-electron chi connectivity index (χ0n) is 14.4. The molecule has 0 aliphatic heterocycles. The van der Waals surface area contributed by atoms with Gasteiger partial charge in [-0.25, -0.2) is 9.67 Å². The SMILES string of the molecule is CNc1cc(C)nc(Nc2ccc(OC)c(-n3cc(CN)cn3)c2)n1. The third-order valence-electron chi connectivity index (χ3n) is 3.66. The quantitative estimate of drug-likeness (QED) is 0.633. The highest BCUT2D eigenvalue weighted by Crippen LogP contribution is 2.27. The van der Waals surface area contributed by atoms with Gasteiger partial charge in [0, 0.05) is 42.8 Å². The second-order valence-electron chi connectivity index (χ2n) is 5.48. The first-order chi connectivity index (χ1) is 12.1. The molecule has 2 aromatic heterocycles. The molecule has 3 rings (SSSR count). The van der Waals surface area contributed by atoms with Crippen LogP contribution in [0, 0.1) is 6.92 Å². The van der Waals surface area contributed by atoms with Crippen molar-refractivity contribution in [2.45, 2.75) is 13.5 Å². The maximum Gasteiger partial charge on any atom is 0.229 e. The summed E-state index contributed by atoms with van der Waals surface area (Å²) < 4.78 is 7.18. The highest BCUT2D eigenvalue weighted by atomic mass is 16.5. The Morgan fingerprint density at radius 3 is 2.76 bits per heavy atom. The standard InChI is InChI=1S/C17H21N7O/c1-11-6-16(19-2)23-17(21-11)22-13-4-5-15(25-3)14(7-13)24-10-12(8-18)9-20-24/h4-7,9-10H,8,18H2,1-3H3,(H2,19,21,22,23). The molecule has 0 fully saturated rings. The lowest BCUT2D eigenvalue weighted by Gasteiger charge is -2.12. The summed E-state index contributed by atoms with van der Waals surface area (Å²) in [5.41, 5.74) is 9.11. The second kappa shape index (κ2) is 7.18. The van der Waals surface area contributed by atoms with Gasteiger partial charge < -0.3 is 21.1 Å². The lowest BCUT2D eigenvalue weighted by Crippen LogP contribution is -2.04. The van der Waals surface area contributed by atoms with E-state index in [4.69, 9.17) is 10.5 Å². The Morgan fingerprint density at radius 1 is 1.24 bits per heavy atom. The first kappa shape index (κ1) is 16.7. The minimum Gasteiger partial charge on any atom is -0.494 e. The van der Waals surface area contributed by atoms with Crippen molar-refractivity contribution < 1.29 is 4.74 Å². The van der Waals surface area contributed by atoms with E-state index < -0.39 is 0 Å². The molecular formula is C17H21N7O. The maximum absolute atomic E-state index is 5.67. The van der Waals surface area contributed by atoms with Crippen molar-refractivity contribution in [1.29, 1.82) is 0 Å². The van der Waals surface area contributed by atoms with Crippen LogP contribution in [0.3, 0.4) is 0 Å². The zero-order chi connectivity index (χ0) is 17.8. The van der Waals surface area contributed by atoms with Crippen LogP contribution in [0.2, 0.25) is 0 Å². The van der Waals surface area contributed by atoms with E-state index in [1.54, 1.807) is 18.0 Å². The number of ether oxygens (including phenoxy) is 1. The largest absolute Gasteiger partial charge is 0.494 e. The minimum absolute atomic E-state index is 0.435. The molecule has 0 saturated carbocycles. The van der Waals surface area contributed by atoms with Gasteiger partial charge in [-0.3, -0.25) is 0 Å². The number of nitrogens with one attached hydrogen (secondary N) is 2. The minimum atomic E-state index is 0.435. The van der Waals surface area contributed by atoms with Gasteiger partial charge in [0.05, 0.1) is 13.3 Å². The molecule has 0 saturated heterocycles. The average Bonchev–Trinajstić information content (AvgIpc) is 3.10. The lowest BCUT2D eigenvalue weighted by molar-refractivity contribution is 0.412. The van der Waals surface area contributed by atoms with Crippen molar-refractivity contribution >= 4 is 17.5 Å². The van der Waals surface area contributed by atoms with Crippen molar-refractivity contribution in [2.24, 2.45) is 5.73 Å². The van der Waals surface area contributed by atoms with E-state index in [1.165, 1.54) is 0 Å². The number of hydrogen-bond donors (Lipinski definition) is 3. The van der Waals surface area contributed by atoms with E-state index in [1.807, 2.05) is 44.4 Å². The number of nitrogens with two attached hydrogens (primary N) is 1. The third kappa shape index (κ3) is 3.69. The van der Waals surface area contributed by atoms with Gasteiger partial charge in [0.1, 0.15) is 17.3 Å². The van der Waals surface area contributed by atoms with Gasteiger partial charge in [0.15, 0.2) is 0 Å². The molecule has 0 amide bonds. The Morgan fingerprint density at radius 2 is 2.08 bits per heavy atom. The van der Waals surface area contributed by atoms with E-state index in [9.17, 15) is 0 Å². The summed E-state index contributed by atoms with van der Waals surface area (Å²) in [5, 5.41) is 10.6. The normalized spacial score (nSPS) is 10.6. The summed E-state index contributed by atoms with van der Waals surface area (Å²) in [6, 6.07) is 7.58. The van der Waals surface area contributed by atoms with Gasteiger partial charge >= 0.3 is 0 Å². The van der Waals surface area contributed by atoms with Crippen molar-refractivity contribution in [1.82, 2.24) is 19.7 Å². The Kier molecular flexibility index (Phi) is 4.80. The highest BCUT2D eigenvalue weighted by molar-refractivity contribution is 5.63. The summed E-state index contributed by atoms with van der Waals surface area (Å²) in [6.45, 7) is 2.36. The summed E-state index contributed by atoms with van der Waals surface area (Å²) in [7, 11) is 3.45. The number of benzene rings is 1. The molecule has 4 N–H and O–H groups in total. The second-order valence-corrected chi connectivity index (χ2v) is 5.48. The van der Waals surface area contributed by atoms with E-state index in [-0.39, 0.29) is 0 Å². The third-order valence-corrected chi connectivity index (χ3v) is 3.66. The Labute approximate surface area is 146 Å². The predicted molar refractivity (Wildman–Crippen MR) is 97.6 cm³/mol. The summed E-state index contributed by atoms with van der Waals surface area (Å²) in [6.07, 6.45) is 3.62. The first-order valence-electron chi connectivity index (χ1n) is 7.85. The van der Waals surface area contributed by atoms with Gasteiger partial charge in [0.2, 0.25) is 5.95 Å². The van der Waals surface area contributed by atoms with Crippen LogP contribution in [-0.2, 0) is 6.54 Å². The number of rotatable bonds is 6. The maximum atomic E-state index is 5.67. The lowest BCUT2D eigenvalue weighted by atomic mass is 10.2. The van der Waals surface area contributed by atoms with Crippen molar-refractivity contribution in [3.63, 3.8) is 0 Å². The monoisotopic (exact) mass is 339 g/mol. The van der Waals surface area contributed by atoms with Crippen LogP contribution in [-0.4, -0.2) is 33.9 Å². The number of hydrogen-bond acceptors (Lipinski definition) is 7. The topological polar surface area (TPSA) is 103 Å². The molecule has 2 heterocycles. The molecule has 0 spiro atoms. The Bertz CT molecular complexity index is 875. The van der Waals surface area contributed by atoms with Gasteiger partial charge in [-0.05, 0) is 25.1 Å². The molecule has 0 aliphatic rings. The fourth-order valence-corrected chi connectivity index (χ4v) is 2.43. The summed E-state index contributed by atoms with van der Waals surface area (Å²) in [5.74, 6) is 1.98. The van der Waals surface area contributed by atoms with E-state index in [0.717, 1.165) is 28.5 Å². The molecule has 0 radical (unpaired) electrons. The van der Waals surface area contributed by atoms with Crippen LogP contribution in [0.5, 0.6) is 5.75 Å². The zero-order valence-corrected chi connectivity index (χ0v) is 14.4. The predicted octanol–water partition coefficient (Wildman–Crippen LogP) is 2.22. The number of methoxy groups -OCH3 is 1. The van der Waals surface area contributed by atoms with Gasteiger partial charge in [-0.2, -0.15) is 10.1 Å². The van der Waals surface area contributed by atoms with Crippen LogP contribution < -0.4 is 21.1 Å². The molecule has 130 valence electrons.